The van der Waals surface area contributed by atoms with Crippen LogP contribution >= 0.6 is 0 Å². The lowest BCUT2D eigenvalue weighted by Gasteiger charge is -2.38. The summed E-state index contributed by atoms with van der Waals surface area (Å²) in [6.07, 6.45) is 0. The van der Waals surface area contributed by atoms with Gasteiger partial charge in [-0.1, -0.05) is 0 Å². The van der Waals surface area contributed by atoms with Crippen molar-refractivity contribution < 1.29 is 0 Å². The number of piperazine rings is 1. The quantitative estimate of drug-likeness (QED) is 0.396. The molecule has 0 saturated carbocycles. The van der Waals surface area contributed by atoms with Crippen LogP contribution in [0.5, 0.6) is 0 Å². The highest BCUT2D eigenvalue weighted by molar-refractivity contribution is 5.78. The molecule has 0 aromatic carbocycles. The van der Waals surface area contributed by atoms with Crippen molar-refractivity contribution in [1.29, 1.82) is 0 Å². The fourth-order valence-electron chi connectivity index (χ4n) is 1.40. The third-order valence-corrected chi connectivity index (χ3v) is 2.51. The van der Waals surface area contributed by atoms with Crippen molar-refractivity contribution >= 4 is 5.96 Å². The van der Waals surface area contributed by atoms with Crippen molar-refractivity contribution in [1.82, 2.24) is 9.80 Å². The zero-order valence-electron chi connectivity index (χ0n) is 8.12. The van der Waals surface area contributed by atoms with Crippen LogP contribution in [0.4, 0.5) is 0 Å². The fraction of sp³-hybridized carbons (Fsp3) is 0.875. The second-order valence-corrected chi connectivity index (χ2v) is 3.36. The minimum Gasteiger partial charge on any atom is -0.370 e. The maximum atomic E-state index is 5.71. The number of guanidine groups is 1. The molecule has 1 saturated heterocycles. The number of hydrogen-bond acceptors (Lipinski definition) is 2. The van der Waals surface area contributed by atoms with E-state index in [1.807, 2.05) is 0 Å². The van der Waals surface area contributed by atoms with Crippen molar-refractivity contribution in [2.75, 3.05) is 33.7 Å². The number of aliphatic imine (C=N–C) groups is 1. The van der Waals surface area contributed by atoms with E-state index < -0.39 is 0 Å². The van der Waals surface area contributed by atoms with Crippen molar-refractivity contribution in [2.45, 2.75) is 13.0 Å². The van der Waals surface area contributed by atoms with Crippen molar-refractivity contribution in [3.05, 3.63) is 0 Å². The molecule has 0 aromatic heterocycles. The predicted molar refractivity (Wildman–Crippen MR) is 51.2 cm³/mol. The molecular weight excluding hydrogens is 152 g/mol. The van der Waals surface area contributed by atoms with E-state index >= 15 is 0 Å². The lowest BCUT2D eigenvalue weighted by molar-refractivity contribution is 0.152. The van der Waals surface area contributed by atoms with Gasteiger partial charge in [-0.05, 0) is 14.0 Å². The Morgan fingerprint density at radius 3 is 2.67 bits per heavy atom. The van der Waals surface area contributed by atoms with Crippen molar-refractivity contribution in [2.24, 2.45) is 10.7 Å². The van der Waals surface area contributed by atoms with Gasteiger partial charge in [-0.15, -0.1) is 0 Å². The summed E-state index contributed by atoms with van der Waals surface area (Å²) < 4.78 is 0. The van der Waals surface area contributed by atoms with Gasteiger partial charge in [0.05, 0.1) is 0 Å². The van der Waals surface area contributed by atoms with Gasteiger partial charge in [-0.3, -0.25) is 4.99 Å². The summed E-state index contributed by atoms with van der Waals surface area (Å²) in [6, 6.07) is 0.569. The Morgan fingerprint density at radius 1 is 1.50 bits per heavy atom. The summed E-state index contributed by atoms with van der Waals surface area (Å²) in [5.41, 5.74) is 5.71. The van der Waals surface area contributed by atoms with Gasteiger partial charge >= 0.3 is 0 Å². The average Bonchev–Trinajstić information content (AvgIpc) is 2.08. The molecule has 4 heteroatoms. The van der Waals surface area contributed by atoms with Gasteiger partial charge in [0.1, 0.15) is 0 Å². The number of rotatable bonds is 0. The Bertz CT molecular complexity index is 178. The van der Waals surface area contributed by atoms with Gasteiger partial charge in [0, 0.05) is 32.7 Å². The lowest BCUT2D eigenvalue weighted by atomic mass is 10.2. The smallest absolute Gasteiger partial charge is 0.191 e. The Kier molecular flexibility index (Phi) is 2.92. The summed E-state index contributed by atoms with van der Waals surface area (Å²) in [4.78, 5) is 8.44. The van der Waals surface area contributed by atoms with Crippen molar-refractivity contribution in [3.8, 4) is 0 Å². The Hall–Kier alpha value is -0.770. The first-order valence-electron chi connectivity index (χ1n) is 4.32. The molecule has 0 aliphatic carbocycles. The zero-order chi connectivity index (χ0) is 9.14. The van der Waals surface area contributed by atoms with Gasteiger partial charge in [-0.25, -0.2) is 0 Å². The summed E-state index contributed by atoms with van der Waals surface area (Å²) in [7, 11) is 3.87. The molecule has 1 fully saturated rings. The molecular formula is C8H18N4. The number of nitrogens with two attached hydrogens (primary N) is 1. The van der Waals surface area contributed by atoms with E-state index in [9.17, 15) is 0 Å². The molecule has 1 unspecified atom stereocenters. The molecule has 4 nitrogen and oxygen atoms in total. The highest BCUT2D eigenvalue weighted by Gasteiger charge is 2.21. The van der Waals surface area contributed by atoms with E-state index in [0.29, 0.717) is 12.0 Å². The first-order valence-corrected chi connectivity index (χ1v) is 4.32. The summed E-state index contributed by atoms with van der Waals surface area (Å²) in [6.45, 7) is 5.25. The third kappa shape index (κ3) is 1.88. The van der Waals surface area contributed by atoms with Gasteiger partial charge in [0.25, 0.3) is 0 Å². The maximum absolute atomic E-state index is 5.71. The van der Waals surface area contributed by atoms with Crippen LogP contribution in [0, 0.1) is 0 Å². The van der Waals surface area contributed by atoms with Gasteiger partial charge in [0.15, 0.2) is 5.96 Å². The van der Waals surface area contributed by atoms with E-state index in [1.54, 1.807) is 7.05 Å². The van der Waals surface area contributed by atoms with E-state index in [4.69, 9.17) is 5.73 Å². The van der Waals surface area contributed by atoms with Gasteiger partial charge in [0.2, 0.25) is 0 Å². The molecule has 2 N–H and O–H groups in total. The van der Waals surface area contributed by atoms with E-state index in [0.717, 1.165) is 19.6 Å². The fourth-order valence-corrected chi connectivity index (χ4v) is 1.40. The monoisotopic (exact) mass is 170 g/mol. The molecule has 1 aliphatic rings. The van der Waals surface area contributed by atoms with Crippen LogP contribution in [0.25, 0.3) is 0 Å². The molecule has 0 amide bonds. The number of hydrogen-bond donors (Lipinski definition) is 1. The van der Waals surface area contributed by atoms with Gasteiger partial charge in [-0.2, -0.15) is 0 Å². The largest absolute Gasteiger partial charge is 0.370 e. The molecule has 1 rings (SSSR count). The third-order valence-electron chi connectivity index (χ3n) is 2.51. The average molecular weight is 170 g/mol. The number of nitrogens with zero attached hydrogens (tertiary/aromatic N) is 3. The van der Waals surface area contributed by atoms with E-state index in [1.165, 1.54) is 0 Å². The zero-order valence-corrected chi connectivity index (χ0v) is 8.12. The highest BCUT2D eigenvalue weighted by Crippen LogP contribution is 2.05. The molecule has 70 valence electrons. The van der Waals surface area contributed by atoms with Crippen molar-refractivity contribution in [3.63, 3.8) is 0 Å². The van der Waals surface area contributed by atoms with Gasteiger partial charge < -0.3 is 15.5 Å². The molecule has 1 aliphatic heterocycles. The second kappa shape index (κ2) is 3.76. The Morgan fingerprint density at radius 2 is 2.17 bits per heavy atom. The van der Waals surface area contributed by atoms with Crippen LogP contribution in [0.3, 0.4) is 0 Å². The van der Waals surface area contributed by atoms with Crippen LogP contribution in [-0.4, -0.2) is 55.5 Å². The van der Waals surface area contributed by atoms with Crippen LogP contribution in [0.1, 0.15) is 6.92 Å². The molecule has 12 heavy (non-hydrogen) atoms. The molecule has 1 heterocycles. The minimum absolute atomic E-state index is 0.569. The normalized spacial score (nSPS) is 27.8. The standard InChI is InChI=1S/C8H18N4/c1-7-6-12(8(9)10-2)5-4-11(7)3/h7H,4-6H2,1-3H3,(H2,9,10). The minimum atomic E-state index is 0.569. The maximum Gasteiger partial charge on any atom is 0.191 e. The summed E-state index contributed by atoms with van der Waals surface area (Å²) in [5, 5.41) is 0. The number of likely N-dealkylation sites (N-methyl/N-ethyl adjacent to an activating group) is 1. The first-order chi connectivity index (χ1) is 5.65. The second-order valence-electron chi connectivity index (χ2n) is 3.36. The molecule has 0 aromatic rings. The highest BCUT2D eigenvalue weighted by atomic mass is 15.3. The molecule has 1 atom stereocenters. The van der Waals surface area contributed by atoms with Crippen LogP contribution in [0.15, 0.2) is 4.99 Å². The van der Waals surface area contributed by atoms with Crippen LogP contribution < -0.4 is 5.73 Å². The summed E-state index contributed by atoms with van der Waals surface area (Å²) in [5.74, 6) is 0.662. The Labute approximate surface area is 74.0 Å². The molecule has 0 radical (unpaired) electrons. The Balaban J connectivity index is 2.51. The van der Waals surface area contributed by atoms with E-state index in [2.05, 4.69) is 28.8 Å². The molecule has 0 bridgehead atoms. The van der Waals surface area contributed by atoms with E-state index in [-0.39, 0.29) is 0 Å². The van der Waals surface area contributed by atoms with Crippen LogP contribution in [-0.2, 0) is 0 Å². The summed E-state index contributed by atoms with van der Waals surface area (Å²) >= 11 is 0. The SMILES string of the molecule is CN=C(N)N1CCN(C)C(C)C1. The molecule has 0 spiro atoms. The topological polar surface area (TPSA) is 44.9 Å². The van der Waals surface area contributed by atoms with Crippen LogP contribution in [0.2, 0.25) is 0 Å². The predicted octanol–water partition coefficient (Wildman–Crippen LogP) is -0.433. The first kappa shape index (κ1) is 9.32. The lowest BCUT2D eigenvalue weighted by Crippen LogP contribution is -2.53.